The molecule has 0 heterocycles. The second kappa shape index (κ2) is 5.38. The molecule has 112 valence electrons. The van der Waals surface area contributed by atoms with Gasteiger partial charge in [0, 0.05) is 11.3 Å². The van der Waals surface area contributed by atoms with Gasteiger partial charge in [0.25, 0.3) is 0 Å². The van der Waals surface area contributed by atoms with E-state index in [0.29, 0.717) is 0 Å². The summed E-state index contributed by atoms with van der Waals surface area (Å²) in [6.07, 6.45) is 4.05. The molecular weight excluding hydrogens is 262 g/mol. The molecule has 20 heavy (non-hydrogen) atoms. The fourth-order valence-corrected chi connectivity index (χ4v) is 2.04. The van der Waals surface area contributed by atoms with Gasteiger partial charge >= 0.3 is 5.97 Å². The van der Waals surface area contributed by atoms with E-state index in [4.69, 9.17) is 10.8 Å². The molecular formula is C14H21NO5. The number of allylic oxidation sites excluding steroid dienone is 2. The van der Waals surface area contributed by atoms with Crippen molar-refractivity contribution < 1.29 is 24.9 Å². The lowest BCUT2D eigenvalue weighted by Crippen LogP contribution is -2.47. The maximum absolute atomic E-state index is 12.2. The molecule has 5 N–H and O–H groups in total. The second-order valence-corrected chi connectivity index (χ2v) is 6.10. The van der Waals surface area contributed by atoms with E-state index in [9.17, 15) is 19.8 Å². The molecule has 0 spiro atoms. The van der Waals surface area contributed by atoms with Crippen LogP contribution in [0.15, 0.2) is 24.0 Å². The zero-order chi connectivity index (χ0) is 15.7. The van der Waals surface area contributed by atoms with Crippen molar-refractivity contribution in [2.24, 2.45) is 17.1 Å². The van der Waals surface area contributed by atoms with E-state index in [2.05, 4.69) is 0 Å². The molecule has 0 fully saturated rings. The van der Waals surface area contributed by atoms with Crippen molar-refractivity contribution in [1.29, 1.82) is 0 Å². The summed E-state index contributed by atoms with van der Waals surface area (Å²) < 4.78 is 0. The van der Waals surface area contributed by atoms with Crippen molar-refractivity contribution in [3.05, 3.63) is 24.0 Å². The highest BCUT2D eigenvalue weighted by molar-refractivity contribution is 5.96. The number of carbonyl (C=O) groups excluding carboxylic acids is 1. The van der Waals surface area contributed by atoms with Gasteiger partial charge in [0.15, 0.2) is 11.4 Å². The molecule has 0 radical (unpaired) electrons. The van der Waals surface area contributed by atoms with Crippen molar-refractivity contribution in [3.8, 4) is 0 Å². The minimum atomic E-state index is -2.05. The summed E-state index contributed by atoms with van der Waals surface area (Å²) in [5, 5.41) is 29.0. The number of aliphatic carboxylic acids is 1. The Labute approximate surface area is 117 Å². The quantitative estimate of drug-likeness (QED) is 0.565. The number of ketones is 1. The first kappa shape index (κ1) is 16.4. The average Bonchev–Trinajstić information content (AvgIpc) is 2.31. The smallest absolute Gasteiger partial charge is 0.320 e. The Balaban J connectivity index is 2.93. The van der Waals surface area contributed by atoms with Gasteiger partial charge in [-0.1, -0.05) is 26.8 Å². The normalized spacial score (nSPS) is 27.9. The largest absolute Gasteiger partial charge is 0.509 e. The van der Waals surface area contributed by atoms with Crippen LogP contribution in [0, 0.1) is 11.3 Å². The Morgan fingerprint density at radius 1 is 1.45 bits per heavy atom. The predicted octanol–water partition coefficient (Wildman–Crippen LogP) is 0.763. The molecule has 0 aromatic rings. The van der Waals surface area contributed by atoms with Gasteiger partial charge in [0.05, 0.1) is 0 Å². The van der Waals surface area contributed by atoms with Gasteiger partial charge in [0.1, 0.15) is 11.8 Å². The molecule has 1 aliphatic carbocycles. The molecule has 0 aromatic heterocycles. The summed E-state index contributed by atoms with van der Waals surface area (Å²) in [6.45, 7) is 4.92. The summed E-state index contributed by atoms with van der Waals surface area (Å²) in [4.78, 5) is 22.9. The lowest BCUT2D eigenvalue weighted by atomic mass is 9.76. The van der Waals surface area contributed by atoms with Gasteiger partial charge in [-0.25, -0.2) is 0 Å². The molecule has 0 saturated carbocycles. The fourth-order valence-electron chi connectivity index (χ4n) is 2.04. The zero-order valence-corrected chi connectivity index (χ0v) is 11.8. The molecule has 6 heteroatoms. The minimum Gasteiger partial charge on any atom is -0.509 e. The Hall–Kier alpha value is -1.66. The van der Waals surface area contributed by atoms with Crippen LogP contribution in [0.1, 0.15) is 27.2 Å². The van der Waals surface area contributed by atoms with Crippen LogP contribution >= 0.6 is 0 Å². The van der Waals surface area contributed by atoms with Crippen LogP contribution in [0.3, 0.4) is 0 Å². The number of nitrogens with two attached hydrogens (primary N) is 1. The van der Waals surface area contributed by atoms with Gasteiger partial charge < -0.3 is 21.1 Å². The summed E-state index contributed by atoms with van der Waals surface area (Å²) in [5.74, 6) is -2.59. The van der Waals surface area contributed by atoms with Crippen molar-refractivity contribution >= 4 is 11.8 Å². The molecule has 0 aliphatic heterocycles. The van der Waals surface area contributed by atoms with E-state index in [1.165, 1.54) is 18.2 Å². The summed E-state index contributed by atoms with van der Waals surface area (Å²) >= 11 is 0. The molecule has 0 saturated heterocycles. The van der Waals surface area contributed by atoms with Crippen molar-refractivity contribution in [2.75, 3.05) is 0 Å². The number of carboxylic acid groups (broad SMARTS) is 1. The Morgan fingerprint density at radius 3 is 2.40 bits per heavy atom. The van der Waals surface area contributed by atoms with Crippen LogP contribution in [0.25, 0.3) is 0 Å². The summed E-state index contributed by atoms with van der Waals surface area (Å²) in [6, 6.07) is -1.07. The summed E-state index contributed by atoms with van der Waals surface area (Å²) in [7, 11) is 0. The van der Waals surface area contributed by atoms with Gasteiger partial charge in [-0.2, -0.15) is 0 Å². The molecule has 0 bridgehead atoms. The van der Waals surface area contributed by atoms with E-state index >= 15 is 0 Å². The maximum Gasteiger partial charge on any atom is 0.320 e. The number of rotatable bonds is 4. The molecule has 6 nitrogen and oxygen atoms in total. The SMILES string of the molecule is CC(C)(C)C(=O)C1(O)C=CC(CC(N)C(=O)O)C=C1O. The number of carboxylic acids is 1. The van der Waals surface area contributed by atoms with Crippen molar-refractivity contribution in [1.82, 2.24) is 0 Å². The minimum absolute atomic E-state index is 0.0790. The topological polar surface area (TPSA) is 121 Å². The zero-order valence-electron chi connectivity index (χ0n) is 11.8. The maximum atomic E-state index is 12.2. The molecule has 0 aromatic carbocycles. The third-order valence-electron chi connectivity index (χ3n) is 3.22. The number of aliphatic hydroxyl groups excluding tert-OH is 1. The number of hydrogen-bond acceptors (Lipinski definition) is 5. The van der Waals surface area contributed by atoms with Crippen LogP contribution in [0.5, 0.6) is 0 Å². The molecule has 0 amide bonds. The highest BCUT2D eigenvalue weighted by Crippen LogP contribution is 2.33. The van der Waals surface area contributed by atoms with Gasteiger partial charge in [-0.05, 0) is 18.6 Å². The molecule has 3 unspecified atom stereocenters. The predicted molar refractivity (Wildman–Crippen MR) is 73.0 cm³/mol. The molecule has 1 aliphatic rings. The highest BCUT2D eigenvalue weighted by atomic mass is 16.4. The van der Waals surface area contributed by atoms with E-state index < -0.39 is 40.5 Å². The van der Waals surface area contributed by atoms with Crippen LogP contribution in [0.4, 0.5) is 0 Å². The van der Waals surface area contributed by atoms with E-state index in [1.54, 1.807) is 20.8 Å². The second-order valence-electron chi connectivity index (χ2n) is 6.10. The van der Waals surface area contributed by atoms with Gasteiger partial charge in [0.2, 0.25) is 0 Å². The van der Waals surface area contributed by atoms with Gasteiger partial charge in [-0.15, -0.1) is 0 Å². The van der Waals surface area contributed by atoms with Crippen molar-refractivity contribution in [3.63, 3.8) is 0 Å². The lowest BCUT2D eigenvalue weighted by molar-refractivity contribution is -0.141. The van der Waals surface area contributed by atoms with Crippen LogP contribution in [0.2, 0.25) is 0 Å². The number of aliphatic hydroxyl groups is 2. The van der Waals surface area contributed by atoms with E-state index in [0.717, 1.165) is 0 Å². The summed E-state index contributed by atoms with van der Waals surface area (Å²) in [5.41, 5.74) is 2.53. The van der Waals surface area contributed by atoms with Crippen molar-refractivity contribution in [2.45, 2.75) is 38.8 Å². The van der Waals surface area contributed by atoms with Crippen LogP contribution in [-0.2, 0) is 9.59 Å². The number of carbonyl (C=O) groups is 2. The van der Waals surface area contributed by atoms with Gasteiger partial charge in [-0.3, -0.25) is 9.59 Å². The first-order valence-electron chi connectivity index (χ1n) is 6.34. The third kappa shape index (κ3) is 3.26. The number of hydrogen-bond donors (Lipinski definition) is 4. The van der Waals surface area contributed by atoms with Crippen LogP contribution < -0.4 is 5.73 Å². The highest BCUT2D eigenvalue weighted by Gasteiger charge is 2.45. The Kier molecular flexibility index (Phi) is 4.41. The standard InChI is InChI=1S/C14H21NO5/c1-13(2,3)12(19)14(20)5-4-8(7-10(14)16)6-9(15)11(17)18/h4-5,7-9,16,20H,6,15H2,1-3H3,(H,17,18). The van der Waals surface area contributed by atoms with Crippen LogP contribution in [-0.4, -0.2) is 38.7 Å². The van der Waals surface area contributed by atoms with E-state index in [-0.39, 0.29) is 6.42 Å². The van der Waals surface area contributed by atoms with E-state index in [1.807, 2.05) is 0 Å². The first-order valence-corrected chi connectivity index (χ1v) is 6.34. The molecule has 3 atom stereocenters. The fraction of sp³-hybridized carbons (Fsp3) is 0.571. The Morgan fingerprint density at radius 2 is 2.00 bits per heavy atom. The average molecular weight is 283 g/mol. The molecule has 1 rings (SSSR count). The monoisotopic (exact) mass is 283 g/mol. The Bertz CT molecular complexity index is 474. The first-order chi connectivity index (χ1) is 8.98. The lowest BCUT2D eigenvalue weighted by Gasteiger charge is -2.32. The number of Topliss-reactive ketones (excluding diaryl/α,β-unsaturated/α-hetero) is 1. The third-order valence-corrected chi connectivity index (χ3v) is 3.22.